The number of hydrogen-bond acceptors (Lipinski definition) is 5. The summed E-state index contributed by atoms with van der Waals surface area (Å²) in [5.41, 5.74) is 3.34. The van der Waals surface area contributed by atoms with Gasteiger partial charge in [-0.15, -0.1) is 0 Å². The summed E-state index contributed by atoms with van der Waals surface area (Å²) in [6.45, 7) is 2.25. The molecule has 0 bridgehead atoms. The van der Waals surface area contributed by atoms with E-state index < -0.39 is 0 Å². The first-order valence-corrected chi connectivity index (χ1v) is 8.55. The molecule has 0 atom stereocenters. The summed E-state index contributed by atoms with van der Waals surface area (Å²) in [5.74, 6) is 0.00515. The number of para-hydroxylation sites is 1. The number of hydrazone groups is 1. The van der Waals surface area contributed by atoms with Crippen LogP contribution in [-0.2, 0) is 11.2 Å². The Bertz CT molecular complexity index is 999. The number of nitrogens with zero attached hydrogens (tertiary/aromatic N) is 1. The van der Waals surface area contributed by atoms with Crippen molar-refractivity contribution in [2.75, 3.05) is 6.61 Å². The van der Waals surface area contributed by atoms with Crippen molar-refractivity contribution in [2.45, 2.75) is 13.3 Å². The molecule has 0 aliphatic rings. The number of amides is 1. The molecule has 138 valence electrons. The van der Waals surface area contributed by atoms with Crippen molar-refractivity contribution in [2.24, 2.45) is 5.10 Å². The number of carbonyl (C=O) groups excluding carboxylic acids is 1. The van der Waals surface area contributed by atoms with E-state index in [0.717, 1.165) is 10.8 Å². The SMILES string of the molecule is CCOc1cccc(/C=N/NC(=O)Cc2cc3ccccc3cc2O)c1O. The molecular formula is C21H20N2O4. The van der Waals surface area contributed by atoms with Gasteiger partial charge in [-0.1, -0.05) is 30.3 Å². The standard InChI is InChI=1S/C21H20N2O4/c1-2-27-19-9-5-8-16(21(19)26)13-22-23-20(25)12-17-10-14-6-3-4-7-15(14)11-18(17)24/h3-11,13,24,26H,2,12H2,1H3,(H,23,25)/b22-13+. The van der Waals surface area contributed by atoms with Crippen LogP contribution >= 0.6 is 0 Å². The molecule has 6 heteroatoms. The summed E-state index contributed by atoms with van der Waals surface area (Å²) in [4.78, 5) is 12.1. The van der Waals surface area contributed by atoms with E-state index in [1.807, 2.05) is 31.2 Å². The largest absolute Gasteiger partial charge is 0.508 e. The Balaban J connectivity index is 1.67. The maximum Gasteiger partial charge on any atom is 0.244 e. The Kier molecular flexibility index (Phi) is 5.56. The van der Waals surface area contributed by atoms with Gasteiger partial charge in [-0.05, 0) is 42.0 Å². The molecule has 0 aromatic heterocycles. The molecule has 6 nitrogen and oxygen atoms in total. The van der Waals surface area contributed by atoms with Crippen LogP contribution in [0.3, 0.4) is 0 Å². The fourth-order valence-electron chi connectivity index (χ4n) is 2.72. The quantitative estimate of drug-likeness (QED) is 0.462. The maximum atomic E-state index is 12.1. The number of phenolic OH excluding ortho intramolecular Hbond substituents is 2. The van der Waals surface area contributed by atoms with Crippen molar-refractivity contribution in [3.63, 3.8) is 0 Å². The fourth-order valence-corrected chi connectivity index (χ4v) is 2.72. The summed E-state index contributed by atoms with van der Waals surface area (Å²) < 4.78 is 5.31. The van der Waals surface area contributed by atoms with Gasteiger partial charge < -0.3 is 14.9 Å². The number of ether oxygens (including phenoxy) is 1. The van der Waals surface area contributed by atoms with Crippen LogP contribution in [0.5, 0.6) is 17.2 Å². The zero-order valence-electron chi connectivity index (χ0n) is 14.8. The van der Waals surface area contributed by atoms with Crippen LogP contribution in [0.2, 0.25) is 0 Å². The summed E-state index contributed by atoms with van der Waals surface area (Å²) in [6.07, 6.45) is 1.33. The predicted molar refractivity (Wildman–Crippen MR) is 104 cm³/mol. The third-order valence-electron chi connectivity index (χ3n) is 4.02. The highest BCUT2D eigenvalue weighted by Crippen LogP contribution is 2.28. The number of benzene rings is 3. The van der Waals surface area contributed by atoms with E-state index in [-0.39, 0.29) is 23.8 Å². The fraction of sp³-hybridized carbons (Fsp3) is 0.143. The lowest BCUT2D eigenvalue weighted by atomic mass is 10.0. The van der Waals surface area contributed by atoms with E-state index in [0.29, 0.717) is 23.5 Å². The average Bonchev–Trinajstić information content (AvgIpc) is 2.65. The number of phenols is 2. The van der Waals surface area contributed by atoms with Crippen molar-refractivity contribution in [1.29, 1.82) is 0 Å². The number of hydrogen-bond donors (Lipinski definition) is 3. The van der Waals surface area contributed by atoms with Crippen LogP contribution in [-0.4, -0.2) is 28.9 Å². The van der Waals surface area contributed by atoms with E-state index in [1.165, 1.54) is 6.21 Å². The lowest BCUT2D eigenvalue weighted by Gasteiger charge is -2.07. The van der Waals surface area contributed by atoms with Crippen LogP contribution in [0.25, 0.3) is 10.8 Å². The van der Waals surface area contributed by atoms with Crippen molar-refractivity contribution < 1.29 is 19.7 Å². The van der Waals surface area contributed by atoms with E-state index in [1.54, 1.807) is 30.3 Å². The minimum atomic E-state index is -0.378. The van der Waals surface area contributed by atoms with Crippen molar-refractivity contribution >= 4 is 22.9 Å². The summed E-state index contributed by atoms with van der Waals surface area (Å²) in [5, 5.41) is 25.9. The van der Waals surface area contributed by atoms with Crippen LogP contribution in [0.15, 0.2) is 59.7 Å². The first-order chi connectivity index (χ1) is 13.1. The lowest BCUT2D eigenvalue weighted by molar-refractivity contribution is -0.120. The monoisotopic (exact) mass is 364 g/mol. The molecule has 3 aromatic rings. The summed E-state index contributed by atoms with van der Waals surface area (Å²) in [7, 11) is 0. The third kappa shape index (κ3) is 4.36. The molecule has 0 aliphatic heterocycles. The second-order valence-electron chi connectivity index (χ2n) is 5.93. The van der Waals surface area contributed by atoms with Crippen molar-refractivity contribution in [3.8, 4) is 17.2 Å². The molecule has 1 amide bonds. The van der Waals surface area contributed by atoms with Gasteiger partial charge in [0.15, 0.2) is 11.5 Å². The average molecular weight is 364 g/mol. The Morgan fingerprint density at radius 2 is 1.85 bits per heavy atom. The normalized spacial score (nSPS) is 11.0. The van der Waals surface area contributed by atoms with E-state index >= 15 is 0 Å². The van der Waals surface area contributed by atoms with Gasteiger partial charge in [0, 0.05) is 11.1 Å². The predicted octanol–water partition coefficient (Wildman–Crippen LogP) is 3.34. The van der Waals surface area contributed by atoms with Gasteiger partial charge in [0.1, 0.15) is 5.75 Å². The summed E-state index contributed by atoms with van der Waals surface area (Å²) >= 11 is 0. The molecule has 0 saturated carbocycles. The number of fused-ring (bicyclic) bond motifs is 1. The van der Waals surface area contributed by atoms with Crippen LogP contribution in [0.1, 0.15) is 18.1 Å². The van der Waals surface area contributed by atoms with Gasteiger partial charge in [0.05, 0.1) is 19.2 Å². The minimum absolute atomic E-state index is 0.0149. The molecular weight excluding hydrogens is 344 g/mol. The van der Waals surface area contributed by atoms with Gasteiger partial charge >= 0.3 is 0 Å². The highest BCUT2D eigenvalue weighted by Gasteiger charge is 2.09. The maximum absolute atomic E-state index is 12.1. The first-order valence-electron chi connectivity index (χ1n) is 8.55. The second-order valence-corrected chi connectivity index (χ2v) is 5.93. The van der Waals surface area contributed by atoms with Gasteiger partial charge in [-0.3, -0.25) is 4.79 Å². The number of aromatic hydroxyl groups is 2. The smallest absolute Gasteiger partial charge is 0.244 e. The Morgan fingerprint density at radius 3 is 2.59 bits per heavy atom. The second kappa shape index (κ2) is 8.23. The number of rotatable bonds is 6. The van der Waals surface area contributed by atoms with Crippen LogP contribution < -0.4 is 10.2 Å². The lowest BCUT2D eigenvalue weighted by Crippen LogP contribution is -2.19. The first kappa shape index (κ1) is 18.3. The highest BCUT2D eigenvalue weighted by molar-refractivity contribution is 5.89. The third-order valence-corrected chi connectivity index (χ3v) is 4.02. The zero-order chi connectivity index (χ0) is 19.2. The molecule has 0 fully saturated rings. The van der Waals surface area contributed by atoms with Gasteiger partial charge in [-0.25, -0.2) is 5.43 Å². The van der Waals surface area contributed by atoms with Gasteiger partial charge in [-0.2, -0.15) is 5.10 Å². The zero-order valence-corrected chi connectivity index (χ0v) is 14.8. The Morgan fingerprint density at radius 1 is 1.11 bits per heavy atom. The number of nitrogens with one attached hydrogen (secondary N) is 1. The number of carbonyl (C=O) groups is 1. The van der Waals surface area contributed by atoms with Crippen molar-refractivity contribution in [3.05, 3.63) is 65.7 Å². The van der Waals surface area contributed by atoms with Crippen LogP contribution in [0.4, 0.5) is 0 Å². The van der Waals surface area contributed by atoms with E-state index in [2.05, 4.69) is 10.5 Å². The summed E-state index contributed by atoms with van der Waals surface area (Å²) in [6, 6.07) is 16.1. The van der Waals surface area contributed by atoms with Crippen molar-refractivity contribution in [1.82, 2.24) is 5.43 Å². The molecule has 3 rings (SSSR count). The molecule has 0 saturated heterocycles. The molecule has 27 heavy (non-hydrogen) atoms. The molecule has 0 unspecified atom stereocenters. The Labute approximate surface area is 156 Å². The van der Waals surface area contributed by atoms with Gasteiger partial charge in [0.25, 0.3) is 0 Å². The van der Waals surface area contributed by atoms with Gasteiger partial charge in [0.2, 0.25) is 5.91 Å². The molecule has 0 radical (unpaired) electrons. The molecule has 3 N–H and O–H groups in total. The topological polar surface area (TPSA) is 91.2 Å². The molecule has 0 heterocycles. The minimum Gasteiger partial charge on any atom is -0.508 e. The Hall–Kier alpha value is -3.54. The highest BCUT2D eigenvalue weighted by atomic mass is 16.5. The molecule has 0 spiro atoms. The van der Waals surface area contributed by atoms with Crippen LogP contribution in [0, 0.1) is 0 Å². The van der Waals surface area contributed by atoms with E-state index in [4.69, 9.17) is 4.74 Å². The molecule has 0 aliphatic carbocycles. The van der Waals surface area contributed by atoms with E-state index in [9.17, 15) is 15.0 Å². The molecule has 3 aromatic carbocycles.